The molecule has 1 fully saturated rings. The van der Waals surface area contributed by atoms with Crippen LogP contribution >= 0.6 is 22.9 Å². The van der Waals surface area contributed by atoms with Crippen molar-refractivity contribution >= 4 is 44.7 Å². The Kier molecular flexibility index (Phi) is 5.09. The van der Waals surface area contributed by atoms with Gasteiger partial charge in [-0.05, 0) is 43.2 Å². The standard InChI is InChI=1S/C24H23ClN4S/c1-16-3-8-21(17(2)13-16)28-9-11-29(12-10-28)23-22-20(14-30-24(22)27-15-26-23)18-4-6-19(25)7-5-18/h3-8,13-15H,9-12H2,1-2H3. The molecule has 2 aromatic heterocycles. The molecule has 0 N–H and O–H groups in total. The Morgan fingerprint density at radius 1 is 0.900 bits per heavy atom. The van der Waals surface area contributed by atoms with Gasteiger partial charge in [-0.25, -0.2) is 9.97 Å². The second-order valence-electron chi connectivity index (χ2n) is 7.80. The Hall–Kier alpha value is -2.63. The van der Waals surface area contributed by atoms with Crippen molar-refractivity contribution in [3.05, 3.63) is 70.3 Å². The van der Waals surface area contributed by atoms with Gasteiger partial charge >= 0.3 is 0 Å². The van der Waals surface area contributed by atoms with Gasteiger partial charge in [0.15, 0.2) is 0 Å². The third-order valence-corrected chi connectivity index (χ3v) is 6.92. The Bertz CT molecular complexity index is 1190. The maximum Gasteiger partial charge on any atom is 0.141 e. The van der Waals surface area contributed by atoms with Gasteiger partial charge in [-0.15, -0.1) is 11.3 Å². The third kappa shape index (κ3) is 3.53. The van der Waals surface area contributed by atoms with Crippen LogP contribution in [0.2, 0.25) is 5.02 Å². The molecule has 0 radical (unpaired) electrons. The van der Waals surface area contributed by atoms with E-state index >= 15 is 0 Å². The lowest BCUT2D eigenvalue weighted by molar-refractivity contribution is 0.648. The van der Waals surface area contributed by atoms with E-state index in [4.69, 9.17) is 16.6 Å². The summed E-state index contributed by atoms with van der Waals surface area (Å²) in [6.45, 7) is 8.19. The molecule has 1 saturated heterocycles. The molecule has 6 heteroatoms. The Morgan fingerprint density at radius 3 is 2.37 bits per heavy atom. The van der Waals surface area contributed by atoms with E-state index in [0.29, 0.717) is 0 Å². The maximum absolute atomic E-state index is 6.09. The number of fused-ring (bicyclic) bond motifs is 1. The summed E-state index contributed by atoms with van der Waals surface area (Å²) in [5, 5.41) is 4.07. The Morgan fingerprint density at radius 2 is 1.63 bits per heavy atom. The molecule has 0 spiro atoms. The first-order valence-electron chi connectivity index (χ1n) is 10.2. The van der Waals surface area contributed by atoms with Gasteiger partial charge in [0, 0.05) is 47.8 Å². The average Bonchev–Trinajstić information content (AvgIpc) is 3.19. The largest absolute Gasteiger partial charge is 0.368 e. The summed E-state index contributed by atoms with van der Waals surface area (Å²) in [5.41, 5.74) is 6.32. The van der Waals surface area contributed by atoms with E-state index in [1.165, 1.54) is 22.4 Å². The van der Waals surface area contributed by atoms with E-state index in [2.05, 4.69) is 64.3 Å². The number of piperazine rings is 1. The highest BCUT2D eigenvalue weighted by atomic mass is 35.5. The summed E-state index contributed by atoms with van der Waals surface area (Å²) >= 11 is 7.76. The van der Waals surface area contributed by atoms with Gasteiger partial charge in [0.2, 0.25) is 0 Å². The zero-order valence-electron chi connectivity index (χ0n) is 17.1. The molecule has 0 saturated carbocycles. The van der Waals surface area contributed by atoms with Gasteiger partial charge in [-0.3, -0.25) is 0 Å². The normalized spacial score (nSPS) is 14.5. The average molecular weight is 435 g/mol. The fourth-order valence-electron chi connectivity index (χ4n) is 4.26. The van der Waals surface area contributed by atoms with Crippen LogP contribution in [-0.2, 0) is 0 Å². The molecular weight excluding hydrogens is 412 g/mol. The first-order chi connectivity index (χ1) is 14.6. The lowest BCUT2D eigenvalue weighted by atomic mass is 10.1. The summed E-state index contributed by atoms with van der Waals surface area (Å²) in [6.07, 6.45) is 1.69. The fourth-order valence-corrected chi connectivity index (χ4v) is 5.30. The van der Waals surface area contributed by atoms with E-state index in [0.717, 1.165) is 52.8 Å². The van der Waals surface area contributed by atoms with Crippen LogP contribution in [0.3, 0.4) is 0 Å². The van der Waals surface area contributed by atoms with Gasteiger partial charge in [0.05, 0.1) is 5.39 Å². The zero-order valence-corrected chi connectivity index (χ0v) is 18.7. The molecule has 2 aromatic carbocycles. The highest BCUT2D eigenvalue weighted by Crippen LogP contribution is 2.38. The molecule has 1 aliphatic rings. The van der Waals surface area contributed by atoms with Crippen LogP contribution in [0, 0.1) is 13.8 Å². The second-order valence-corrected chi connectivity index (χ2v) is 9.09. The van der Waals surface area contributed by atoms with E-state index in [1.54, 1.807) is 17.7 Å². The van der Waals surface area contributed by atoms with Crippen LogP contribution in [0.1, 0.15) is 11.1 Å². The lowest BCUT2D eigenvalue weighted by Gasteiger charge is -2.37. The van der Waals surface area contributed by atoms with E-state index in [-0.39, 0.29) is 0 Å². The first-order valence-corrected chi connectivity index (χ1v) is 11.4. The lowest BCUT2D eigenvalue weighted by Crippen LogP contribution is -2.47. The number of halogens is 1. The number of hydrogen-bond donors (Lipinski definition) is 0. The number of hydrogen-bond acceptors (Lipinski definition) is 5. The number of aromatic nitrogens is 2. The zero-order chi connectivity index (χ0) is 20.7. The van der Waals surface area contributed by atoms with Crippen LogP contribution in [0.4, 0.5) is 11.5 Å². The molecule has 0 aliphatic carbocycles. The number of benzene rings is 2. The van der Waals surface area contributed by atoms with Crippen molar-refractivity contribution in [1.82, 2.24) is 9.97 Å². The minimum Gasteiger partial charge on any atom is -0.368 e. The molecule has 5 rings (SSSR count). The van der Waals surface area contributed by atoms with Gasteiger partial charge in [-0.2, -0.15) is 0 Å². The van der Waals surface area contributed by atoms with Gasteiger partial charge in [0.1, 0.15) is 17.0 Å². The summed E-state index contributed by atoms with van der Waals surface area (Å²) in [5.74, 6) is 1.03. The molecular formula is C24H23ClN4S. The van der Waals surface area contributed by atoms with E-state index < -0.39 is 0 Å². The van der Waals surface area contributed by atoms with Gasteiger partial charge in [0.25, 0.3) is 0 Å². The molecule has 4 aromatic rings. The molecule has 0 bridgehead atoms. The summed E-state index contributed by atoms with van der Waals surface area (Å²) in [6, 6.07) is 14.7. The van der Waals surface area contributed by atoms with E-state index in [9.17, 15) is 0 Å². The predicted molar refractivity (Wildman–Crippen MR) is 128 cm³/mol. The molecule has 0 amide bonds. The molecule has 0 atom stereocenters. The van der Waals surface area contributed by atoms with Crippen LogP contribution in [0.25, 0.3) is 21.3 Å². The molecule has 1 aliphatic heterocycles. The number of rotatable bonds is 3. The molecule has 30 heavy (non-hydrogen) atoms. The SMILES string of the molecule is Cc1ccc(N2CCN(c3ncnc4scc(-c5ccc(Cl)cc5)c34)CC2)c(C)c1. The Balaban J connectivity index is 1.44. The first kappa shape index (κ1) is 19.3. The van der Waals surface area contributed by atoms with Crippen LogP contribution in [0.5, 0.6) is 0 Å². The van der Waals surface area contributed by atoms with Crippen molar-refractivity contribution in [2.45, 2.75) is 13.8 Å². The molecule has 4 nitrogen and oxygen atoms in total. The van der Waals surface area contributed by atoms with Crippen molar-refractivity contribution in [3.63, 3.8) is 0 Å². The topological polar surface area (TPSA) is 32.3 Å². The fraction of sp³-hybridized carbons (Fsp3) is 0.250. The number of aryl methyl sites for hydroxylation is 2. The maximum atomic E-state index is 6.09. The van der Waals surface area contributed by atoms with Crippen molar-refractivity contribution in [2.75, 3.05) is 36.0 Å². The van der Waals surface area contributed by atoms with E-state index in [1.807, 2.05) is 12.1 Å². The summed E-state index contributed by atoms with van der Waals surface area (Å²) in [7, 11) is 0. The number of thiophene rings is 1. The molecule has 0 unspecified atom stereocenters. The molecule has 3 heterocycles. The van der Waals surface area contributed by atoms with Crippen molar-refractivity contribution in [3.8, 4) is 11.1 Å². The van der Waals surface area contributed by atoms with Crippen LogP contribution in [0.15, 0.2) is 54.2 Å². The van der Waals surface area contributed by atoms with Crippen molar-refractivity contribution in [2.24, 2.45) is 0 Å². The molecule has 152 valence electrons. The third-order valence-electron chi connectivity index (χ3n) is 5.78. The minimum atomic E-state index is 0.747. The van der Waals surface area contributed by atoms with Crippen molar-refractivity contribution < 1.29 is 0 Å². The number of nitrogens with zero attached hydrogens (tertiary/aromatic N) is 4. The monoisotopic (exact) mass is 434 g/mol. The highest BCUT2D eigenvalue weighted by Gasteiger charge is 2.23. The Labute approximate surface area is 185 Å². The predicted octanol–water partition coefficient (Wildman–Crippen LogP) is 5.96. The van der Waals surface area contributed by atoms with Crippen LogP contribution < -0.4 is 9.80 Å². The quantitative estimate of drug-likeness (QED) is 0.398. The van der Waals surface area contributed by atoms with Crippen molar-refractivity contribution in [1.29, 1.82) is 0 Å². The highest BCUT2D eigenvalue weighted by molar-refractivity contribution is 7.17. The summed E-state index contributed by atoms with van der Waals surface area (Å²) < 4.78 is 0. The number of anilines is 2. The minimum absolute atomic E-state index is 0.747. The summed E-state index contributed by atoms with van der Waals surface area (Å²) in [4.78, 5) is 15.1. The van der Waals surface area contributed by atoms with Crippen LogP contribution in [-0.4, -0.2) is 36.1 Å². The second kappa shape index (κ2) is 7.89. The van der Waals surface area contributed by atoms with Gasteiger partial charge in [-0.1, -0.05) is 41.4 Å². The van der Waals surface area contributed by atoms with Gasteiger partial charge < -0.3 is 9.80 Å². The smallest absolute Gasteiger partial charge is 0.141 e.